The van der Waals surface area contributed by atoms with Crippen molar-refractivity contribution >= 4 is 0 Å². The molecule has 0 rings (SSSR count). The van der Waals surface area contributed by atoms with Gasteiger partial charge < -0.3 is 4.74 Å². The van der Waals surface area contributed by atoms with Crippen LogP contribution in [0.1, 0.15) is 91.9 Å². The number of hydrogen-bond acceptors (Lipinski definition) is 3. The molecule has 20 heavy (non-hydrogen) atoms. The summed E-state index contributed by atoms with van der Waals surface area (Å²) in [4.78, 5) is 0. The van der Waals surface area contributed by atoms with Crippen molar-refractivity contribution in [3.05, 3.63) is 0 Å². The Hall–Kier alpha value is -0.440. The molecule has 0 N–H and O–H groups in total. The lowest BCUT2D eigenvalue weighted by atomic mass is 10.0. The zero-order valence-corrected chi connectivity index (χ0v) is 14.5. The average molecular weight is 284 g/mol. The van der Waals surface area contributed by atoms with Gasteiger partial charge in [0.2, 0.25) is 0 Å². The summed E-state index contributed by atoms with van der Waals surface area (Å²) in [5, 5.41) is 8.94. The molecule has 0 aromatic heterocycles. The van der Waals surface area contributed by atoms with E-state index in [9.17, 15) is 0 Å². The van der Waals surface area contributed by atoms with Crippen LogP contribution >= 0.6 is 0 Å². The number of nitrogens with zero attached hydrogens (tertiary/aromatic N) is 2. The van der Waals surface area contributed by atoms with Crippen molar-refractivity contribution in [3.63, 3.8) is 0 Å². The van der Waals surface area contributed by atoms with E-state index in [4.69, 9.17) is 4.74 Å². The van der Waals surface area contributed by atoms with Crippen molar-refractivity contribution in [1.82, 2.24) is 0 Å². The predicted octanol–water partition coefficient (Wildman–Crippen LogP) is 6.13. The first-order valence-electron chi connectivity index (χ1n) is 8.52. The van der Waals surface area contributed by atoms with Crippen molar-refractivity contribution in [3.8, 4) is 0 Å². The third-order valence-corrected chi connectivity index (χ3v) is 3.74. The van der Waals surface area contributed by atoms with Gasteiger partial charge >= 0.3 is 0 Å². The maximum atomic E-state index is 5.31. The minimum absolute atomic E-state index is 0.387. The Labute approximate surface area is 126 Å². The second kappa shape index (κ2) is 12.3. The standard InChI is InChI=1S/C17H36N2O/c1-6-8-10-12-14-16(15-13-11-9-7-2)18-19-17(3,4)20-5/h16H,6-15H2,1-5H3. The van der Waals surface area contributed by atoms with Crippen LogP contribution in [-0.2, 0) is 4.74 Å². The van der Waals surface area contributed by atoms with Gasteiger partial charge in [0.1, 0.15) is 0 Å². The zero-order valence-electron chi connectivity index (χ0n) is 14.5. The SMILES string of the molecule is CCCCCCC(CCCCCC)N=NC(C)(C)OC. The van der Waals surface area contributed by atoms with E-state index in [-0.39, 0.29) is 0 Å². The van der Waals surface area contributed by atoms with Crippen LogP contribution < -0.4 is 0 Å². The number of methoxy groups -OCH3 is 1. The monoisotopic (exact) mass is 284 g/mol. The van der Waals surface area contributed by atoms with Crippen LogP contribution in [0.3, 0.4) is 0 Å². The Morgan fingerprint density at radius 2 is 1.35 bits per heavy atom. The molecule has 0 aromatic carbocycles. The summed E-state index contributed by atoms with van der Waals surface area (Å²) in [5.74, 6) is 0. The molecule has 0 amide bonds. The van der Waals surface area contributed by atoms with Crippen LogP contribution in [-0.4, -0.2) is 18.9 Å². The van der Waals surface area contributed by atoms with Gasteiger partial charge in [0.05, 0.1) is 6.04 Å². The topological polar surface area (TPSA) is 34.0 Å². The molecule has 0 bridgehead atoms. The molecule has 0 aliphatic carbocycles. The highest BCUT2D eigenvalue weighted by molar-refractivity contribution is 4.68. The smallest absolute Gasteiger partial charge is 0.172 e. The third kappa shape index (κ3) is 11.4. The molecule has 3 nitrogen and oxygen atoms in total. The molecule has 0 aliphatic rings. The molecule has 0 unspecified atom stereocenters. The number of ether oxygens (including phenoxy) is 1. The van der Waals surface area contributed by atoms with E-state index in [1.165, 1.54) is 64.2 Å². The first-order chi connectivity index (χ1) is 9.55. The van der Waals surface area contributed by atoms with Gasteiger partial charge in [-0.15, -0.1) is 0 Å². The van der Waals surface area contributed by atoms with Crippen molar-refractivity contribution in [2.75, 3.05) is 7.11 Å². The first-order valence-corrected chi connectivity index (χ1v) is 8.52. The van der Waals surface area contributed by atoms with Crippen molar-refractivity contribution in [2.45, 2.75) is 104 Å². The van der Waals surface area contributed by atoms with E-state index in [1.807, 2.05) is 13.8 Å². The molecule has 0 aromatic rings. The van der Waals surface area contributed by atoms with Gasteiger partial charge in [0, 0.05) is 7.11 Å². The van der Waals surface area contributed by atoms with Crippen LogP contribution in [0.15, 0.2) is 10.2 Å². The highest BCUT2D eigenvalue weighted by atomic mass is 16.5. The molecule has 0 heterocycles. The molecule has 0 atom stereocenters. The van der Waals surface area contributed by atoms with Gasteiger partial charge in [-0.05, 0) is 26.7 Å². The van der Waals surface area contributed by atoms with Crippen molar-refractivity contribution in [1.29, 1.82) is 0 Å². The summed E-state index contributed by atoms with van der Waals surface area (Å²) in [5.41, 5.74) is -0.481. The molecular formula is C17H36N2O. The summed E-state index contributed by atoms with van der Waals surface area (Å²) < 4.78 is 5.31. The number of rotatable bonds is 13. The fraction of sp³-hybridized carbons (Fsp3) is 1.00. The fourth-order valence-corrected chi connectivity index (χ4v) is 2.13. The van der Waals surface area contributed by atoms with Crippen molar-refractivity contribution in [2.24, 2.45) is 10.2 Å². The molecule has 0 saturated carbocycles. The summed E-state index contributed by atoms with van der Waals surface area (Å²) in [6, 6.07) is 0.387. The summed E-state index contributed by atoms with van der Waals surface area (Å²) in [6.07, 6.45) is 12.8. The second-order valence-electron chi connectivity index (χ2n) is 6.22. The number of azo groups is 1. The Morgan fingerprint density at radius 3 is 1.75 bits per heavy atom. The third-order valence-electron chi connectivity index (χ3n) is 3.74. The number of unbranched alkanes of at least 4 members (excludes halogenated alkanes) is 6. The van der Waals surface area contributed by atoms with Crippen molar-refractivity contribution < 1.29 is 4.74 Å². The van der Waals surface area contributed by atoms with Crippen LogP contribution in [0, 0.1) is 0 Å². The second-order valence-corrected chi connectivity index (χ2v) is 6.22. The van der Waals surface area contributed by atoms with E-state index in [2.05, 4.69) is 24.1 Å². The highest BCUT2D eigenvalue weighted by Crippen LogP contribution is 2.18. The predicted molar refractivity (Wildman–Crippen MR) is 87.3 cm³/mol. The summed E-state index contributed by atoms with van der Waals surface area (Å²) in [6.45, 7) is 8.43. The summed E-state index contributed by atoms with van der Waals surface area (Å²) in [7, 11) is 1.69. The molecule has 0 radical (unpaired) electrons. The van der Waals surface area contributed by atoms with Gasteiger partial charge in [-0.2, -0.15) is 10.2 Å². The van der Waals surface area contributed by atoms with Gasteiger partial charge in [-0.3, -0.25) is 0 Å². The van der Waals surface area contributed by atoms with Gasteiger partial charge in [0.25, 0.3) is 0 Å². The fourth-order valence-electron chi connectivity index (χ4n) is 2.13. The van der Waals surface area contributed by atoms with Crippen LogP contribution in [0.25, 0.3) is 0 Å². The first kappa shape index (κ1) is 19.6. The van der Waals surface area contributed by atoms with E-state index >= 15 is 0 Å². The molecule has 0 saturated heterocycles. The lowest BCUT2D eigenvalue weighted by molar-refractivity contribution is 0.0227. The van der Waals surface area contributed by atoms with Gasteiger partial charge in [0.15, 0.2) is 5.72 Å². The molecule has 3 heteroatoms. The van der Waals surface area contributed by atoms with E-state index < -0.39 is 5.72 Å². The Kier molecular flexibility index (Phi) is 12.0. The lowest BCUT2D eigenvalue weighted by Gasteiger charge is -2.18. The van der Waals surface area contributed by atoms with Gasteiger partial charge in [-0.1, -0.05) is 65.2 Å². The van der Waals surface area contributed by atoms with E-state index in [0.29, 0.717) is 6.04 Å². The average Bonchev–Trinajstić information content (AvgIpc) is 2.44. The largest absolute Gasteiger partial charge is 0.356 e. The normalized spacial score (nSPS) is 12.7. The number of hydrogen-bond donors (Lipinski definition) is 0. The van der Waals surface area contributed by atoms with E-state index in [0.717, 1.165) is 0 Å². The minimum atomic E-state index is -0.481. The minimum Gasteiger partial charge on any atom is -0.356 e. The molecule has 0 aliphatic heterocycles. The Morgan fingerprint density at radius 1 is 0.850 bits per heavy atom. The molecule has 120 valence electrons. The quantitative estimate of drug-likeness (QED) is 0.296. The Balaban J connectivity index is 4.16. The van der Waals surface area contributed by atoms with Crippen LogP contribution in [0.4, 0.5) is 0 Å². The van der Waals surface area contributed by atoms with E-state index in [1.54, 1.807) is 7.11 Å². The maximum absolute atomic E-state index is 5.31. The maximum Gasteiger partial charge on any atom is 0.172 e. The molecule has 0 spiro atoms. The highest BCUT2D eigenvalue weighted by Gasteiger charge is 2.15. The lowest BCUT2D eigenvalue weighted by Crippen LogP contribution is -2.19. The molecular weight excluding hydrogens is 248 g/mol. The van der Waals surface area contributed by atoms with Crippen LogP contribution in [0.2, 0.25) is 0 Å². The van der Waals surface area contributed by atoms with Crippen LogP contribution in [0.5, 0.6) is 0 Å². The Bertz CT molecular complexity index is 227. The zero-order chi connectivity index (χ0) is 15.3. The van der Waals surface area contributed by atoms with Gasteiger partial charge in [-0.25, -0.2) is 0 Å². The summed E-state index contributed by atoms with van der Waals surface area (Å²) >= 11 is 0. The molecule has 0 fully saturated rings.